The van der Waals surface area contributed by atoms with Crippen LogP contribution in [0.15, 0.2) is 0 Å². The maximum Gasteiger partial charge on any atom is 0.227 e. The number of likely N-dealkylation sites (N-methyl/N-ethyl adjacent to an activating group) is 1. The number of amides is 1. The first-order valence-electron chi connectivity index (χ1n) is 5.95. The molecule has 5 nitrogen and oxygen atoms in total. The van der Waals surface area contributed by atoms with Gasteiger partial charge >= 0.3 is 0 Å². The molecule has 0 bridgehead atoms. The average molecular weight is 230 g/mol. The molecule has 1 aliphatic heterocycles. The van der Waals surface area contributed by atoms with E-state index < -0.39 is 0 Å². The number of carbonyl (C=O) groups is 1. The van der Waals surface area contributed by atoms with E-state index in [9.17, 15) is 4.79 Å². The predicted molar refractivity (Wildman–Crippen MR) is 61.1 cm³/mol. The topological polar surface area (TPSA) is 70.6 Å². The molecule has 1 aliphatic rings. The Hall–Kier alpha value is -0.650. The van der Waals surface area contributed by atoms with Crippen molar-refractivity contribution >= 4 is 5.91 Å². The summed E-state index contributed by atoms with van der Waals surface area (Å²) in [7, 11) is 0. The van der Waals surface area contributed by atoms with Crippen LogP contribution >= 0.6 is 0 Å². The van der Waals surface area contributed by atoms with Gasteiger partial charge in [-0.3, -0.25) is 4.79 Å². The molecule has 0 radical (unpaired) electrons. The van der Waals surface area contributed by atoms with Crippen molar-refractivity contribution in [2.75, 3.05) is 26.4 Å². The van der Waals surface area contributed by atoms with Gasteiger partial charge in [0.05, 0.1) is 31.8 Å². The lowest BCUT2D eigenvalue weighted by Crippen LogP contribution is -2.47. The lowest BCUT2D eigenvalue weighted by Gasteiger charge is -2.21. The van der Waals surface area contributed by atoms with Crippen molar-refractivity contribution in [3.63, 3.8) is 0 Å². The second kappa shape index (κ2) is 6.83. The maximum absolute atomic E-state index is 11.9. The molecule has 1 rings (SSSR count). The quantitative estimate of drug-likeness (QED) is 0.575. The number of nitrogens with one attached hydrogen (secondary N) is 2. The van der Waals surface area contributed by atoms with Crippen LogP contribution in [0.4, 0.5) is 0 Å². The zero-order chi connectivity index (χ0) is 12.0. The van der Waals surface area contributed by atoms with Gasteiger partial charge in [-0.25, -0.2) is 0 Å². The predicted octanol–water partition coefficient (Wildman–Crippen LogP) is -0.502. The Morgan fingerprint density at radius 2 is 2.25 bits per heavy atom. The summed E-state index contributed by atoms with van der Waals surface area (Å²) < 4.78 is 5.31. The number of hydrogen-bond donors (Lipinski definition) is 3. The first kappa shape index (κ1) is 13.4. The zero-order valence-corrected chi connectivity index (χ0v) is 10.0. The fourth-order valence-corrected chi connectivity index (χ4v) is 1.86. The SMILES string of the molecule is CCNC1COCC1C(=O)N[C@H](CC)CO. The van der Waals surface area contributed by atoms with Crippen LogP contribution in [0.1, 0.15) is 20.3 Å². The highest BCUT2D eigenvalue weighted by Crippen LogP contribution is 2.14. The third-order valence-electron chi connectivity index (χ3n) is 2.94. The van der Waals surface area contributed by atoms with E-state index in [1.807, 2.05) is 13.8 Å². The van der Waals surface area contributed by atoms with Crippen LogP contribution in [-0.2, 0) is 9.53 Å². The van der Waals surface area contributed by atoms with Crippen LogP contribution in [0.3, 0.4) is 0 Å². The van der Waals surface area contributed by atoms with Gasteiger partial charge in [0.25, 0.3) is 0 Å². The molecule has 0 saturated carbocycles. The Balaban J connectivity index is 2.45. The molecule has 1 saturated heterocycles. The molecular weight excluding hydrogens is 208 g/mol. The number of aliphatic hydroxyl groups excluding tert-OH is 1. The summed E-state index contributed by atoms with van der Waals surface area (Å²) in [6, 6.07) is -0.0448. The van der Waals surface area contributed by atoms with Crippen molar-refractivity contribution in [1.82, 2.24) is 10.6 Å². The molecule has 0 aromatic carbocycles. The first-order valence-corrected chi connectivity index (χ1v) is 5.95. The van der Waals surface area contributed by atoms with Crippen LogP contribution in [-0.4, -0.2) is 49.5 Å². The van der Waals surface area contributed by atoms with E-state index in [1.165, 1.54) is 0 Å². The summed E-state index contributed by atoms with van der Waals surface area (Å²) in [5.41, 5.74) is 0. The van der Waals surface area contributed by atoms with Crippen LogP contribution in [0, 0.1) is 5.92 Å². The van der Waals surface area contributed by atoms with Gasteiger partial charge < -0.3 is 20.5 Å². The lowest BCUT2D eigenvalue weighted by atomic mass is 10.0. The largest absolute Gasteiger partial charge is 0.394 e. The fourth-order valence-electron chi connectivity index (χ4n) is 1.86. The van der Waals surface area contributed by atoms with Crippen molar-refractivity contribution in [3.8, 4) is 0 Å². The molecule has 1 fully saturated rings. The van der Waals surface area contributed by atoms with E-state index in [4.69, 9.17) is 9.84 Å². The Morgan fingerprint density at radius 3 is 2.81 bits per heavy atom. The van der Waals surface area contributed by atoms with Crippen molar-refractivity contribution in [2.45, 2.75) is 32.4 Å². The number of hydrogen-bond acceptors (Lipinski definition) is 4. The van der Waals surface area contributed by atoms with Gasteiger partial charge in [0.2, 0.25) is 5.91 Å². The smallest absolute Gasteiger partial charge is 0.227 e. The molecule has 0 aromatic heterocycles. The molecule has 3 N–H and O–H groups in total. The minimum atomic E-state index is -0.143. The van der Waals surface area contributed by atoms with Gasteiger partial charge in [0, 0.05) is 6.04 Å². The summed E-state index contributed by atoms with van der Waals surface area (Å²) in [6.45, 7) is 5.81. The highest BCUT2D eigenvalue weighted by molar-refractivity contribution is 5.80. The van der Waals surface area contributed by atoms with E-state index >= 15 is 0 Å². The highest BCUT2D eigenvalue weighted by Gasteiger charge is 2.33. The fraction of sp³-hybridized carbons (Fsp3) is 0.909. The first-order chi connectivity index (χ1) is 7.72. The third-order valence-corrected chi connectivity index (χ3v) is 2.94. The van der Waals surface area contributed by atoms with Crippen molar-refractivity contribution in [1.29, 1.82) is 0 Å². The van der Waals surface area contributed by atoms with E-state index in [0.29, 0.717) is 13.2 Å². The number of ether oxygens (including phenoxy) is 1. The lowest BCUT2D eigenvalue weighted by molar-refractivity contribution is -0.126. The minimum absolute atomic E-state index is 0.0122. The van der Waals surface area contributed by atoms with Gasteiger partial charge in [0.1, 0.15) is 0 Å². The molecule has 0 aliphatic carbocycles. The van der Waals surface area contributed by atoms with Crippen LogP contribution < -0.4 is 10.6 Å². The Morgan fingerprint density at radius 1 is 1.50 bits per heavy atom. The molecule has 16 heavy (non-hydrogen) atoms. The molecule has 1 amide bonds. The normalized spacial score (nSPS) is 26.7. The number of rotatable bonds is 6. The average Bonchev–Trinajstić information content (AvgIpc) is 2.74. The van der Waals surface area contributed by atoms with Crippen molar-refractivity contribution < 1.29 is 14.6 Å². The summed E-state index contributed by atoms with van der Waals surface area (Å²) in [5.74, 6) is -0.162. The summed E-state index contributed by atoms with van der Waals surface area (Å²) in [4.78, 5) is 11.9. The molecule has 5 heteroatoms. The summed E-state index contributed by atoms with van der Waals surface area (Å²) in [5, 5.41) is 15.1. The molecule has 3 atom stereocenters. The van der Waals surface area contributed by atoms with Gasteiger partial charge in [-0.1, -0.05) is 13.8 Å². The van der Waals surface area contributed by atoms with Crippen molar-refractivity contribution in [2.24, 2.45) is 5.92 Å². The van der Waals surface area contributed by atoms with E-state index in [1.54, 1.807) is 0 Å². The molecular formula is C11H22N2O3. The molecule has 1 heterocycles. The second-order valence-electron chi connectivity index (χ2n) is 4.10. The second-order valence-corrected chi connectivity index (χ2v) is 4.10. The van der Waals surface area contributed by atoms with Gasteiger partial charge in [0.15, 0.2) is 0 Å². The summed E-state index contributed by atoms with van der Waals surface area (Å²) >= 11 is 0. The van der Waals surface area contributed by atoms with Crippen LogP contribution in [0.2, 0.25) is 0 Å². The van der Waals surface area contributed by atoms with Gasteiger partial charge in [-0.2, -0.15) is 0 Å². The Kier molecular flexibility index (Phi) is 5.73. The standard InChI is InChI=1S/C11H22N2O3/c1-3-8(5-14)13-11(15)9-6-16-7-10(9)12-4-2/h8-10,12,14H,3-7H2,1-2H3,(H,13,15)/t8-,9?,10?/m1/s1. The molecule has 0 aromatic rings. The minimum Gasteiger partial charge on any atom is -0.394 e. The van der Waals surface area contributed by atoms with Crippen molar-refractivity contribution in [3.05, 3.63) is 0 Å². The summed E-state index contributed by atoms with van der Waals surface area (Å²) in [6.07, 6.45) is 0.738. The van der Waals surface area contributed by atoms with E-state index in [-0.39, 0.29) is 30.5 Å². The zero-order valence-electron chi connectivity index (χ0n) is 10.0. The monoisotopic (exact) mass is 230 g/mol. The van der Waals surface area contributed by atoms with Gasteiger partial charge in [-0.05, 0) is 13.0 Å². The maximum atomic E-state index is 11.9. The van der Waals surface area contributed by atoms with E-state index in [0.717, 1.165) is 13.0 Å². The molecule has 2 unspecified atom stereocenters. The third kappa shape index (κ3) is 3.43. The Labute approximate surface area is 96.6 Å². The molecule has 94 valence electrons. The van der Waals surface area contributed by atoms with Crippen LogP contribution in [0.5, 0.6) is 0 Å². The van der Waals surface area contributed by atoms with E-state index in [2.05, 4.69) is 10.6 Å². The van der Waals surface area contributed by atoms with Crippen LogP contribution in [0.25, 0.3) is 0 Å². The van der Waals surface area contributed by atoms with Gasteiger partial charge in [-0.15, -0.1) is 0 Å². The number of carbonyl (C=O) groups excluding carboxylic acids is 1. The Bertz CT molecular complexity index is 219. The number of aliphatic hydroxyl groups is 1. The molecule has 0 spiro atoms. The highest BCUT2D eigenvalue weighted by atomic mass is 16.5.